The lowest BCUT2D eigenvalue weighted by molar-refractivity contribution is -0.119. The maximum absolute atomic E-state index is 12.9. The highest BCUT2D eigenvalue weighted by atomic mass is 35.5. The van der Waals surface area contributed by atoms with E-state index in [1.807, 2.05) is 13.8 Å². The number of amides is 1. The van der Waals surface area contributed by atoms with Crippen LogP contribution >= 0.6 is 23.2 Å². The highest BCUT2D eigenvalue weighted by molar-refractivity contribution is 6.36. The van der Waals surface area contributed by atoms with Crippen LogP contribution in [-0.2, 0) is 11.2 Å². The van der Waals surface area contributed by atoms with Crippen LogP contribution in [0.4, 0.5) is 5.82 Å². The van der Waals surface area contributed by atoms with Gasteiger partial charge in [0.1, 0.15) is 34.3 Å². The van der Waals surface area contributed by atoms with Crippen LogP contribution in [-0.4, -0.2) is 31.6 Å². The van der Waals surface area contributed by atoms with Gasteiger partial charge in [0.15, 0.2) is 0 Å². The first-order chi connectivity index (χ1) is 17.1. The highest BCUT2D eigenvalue weighted by Gasteiger charge is 2.24. The Morgan fingerprint density at radius 2 is 1.86 bits per heavy atom. The molecular weight excluding hydrogens is 503 g/mol. The van der Waals surface area contributed by atoms with Crippen molar-refractivity contribution in [3.8, 4) is 22.5 Å². The Hall–Kier alpha value is -3.69. The van der Waals surface area contributed by atoms with Gasteiger partial charge in [-0.15, -0.1) is 0 Å². The van der Waals surface area contributed by atoms with E-state index in [4.69, 9.17) is 39.2 Å². The molecule has 11 heteroatoms. The number of primary amides is 1. The Kier molecular flexibility index (Phi) is 7.14. The Morgan fingerprint density at radius 3 is 2.47 bits per heavy atom. The van der Waals surface area contributed by atoms with Crippen molar-refractivity contribution in [3.05, 3.63) is 69.7 Å². The Morgan fingerprint density at radius 1 is 1.11 bits per heavy atom. The van der Waals surface area contributed by atoms with Gasteiger partial charge in [0.05, 0.1) is 23.1 Å². The SMILES string of the molecule is CC(C(=O)Cc1cc(-c2ccc(Cl)cc2Cl)no1)c1ccc(-c2nn(C(C)C)c(N)c2C(N)=O)cn1. The highest BCUT2D eigenvalue weighted by Crippen LogP contribution is 2.31. The second-order valence-corrected chi connectivity index (χ2v) is 9.49. The molecule has 1 amide bonds. The number of hydrogen-bond donors (Lipinski definition) is 2. The third-order valence-corrected chi connectivity index (χ3v) is 6.33. The van der Waals surface area contributed by atoms with E-state index in [1.165, 1.54) is 0 Å². The number of carbonyl (C=O) groups is 2. The molecule has 0 saturated heterocycles. The van der Waals surface area contributed by atoms with E-state index < -0.39 is 11.8 Å². The number of Topliss-reactive ketones (excluding diaryl/α,β-unsaturated/α-hetero) is 1. The van der Waals surface area contributed by atoms with Crippen molar-refractivity contribution < 1.29 is 14.1 Å². The zero-order chi connectivity index (χ0) is 26.1. The smallest absolute Gasteiger partial charge is 0.254 e. The molecule has 0 spiro atoms. The van der Waals surface area contributed by atoms with Crippen molar-refractivity contribution in [2.24, 2.45) is 5.73 Å². The Balaban J connectivity index is 1.51. The second-order valence-electron chi connectivity index (χ2n) is 8.65. The summed E-state index contributed by atoms with van der Waals surface area (Å²) in [5.41, 5.74) is 14.4. The lowest BCUT2D eigenvalue weighted by Crippen LogP contribution is -2.15. The zero-order valence-electron chi connectivity index (χ0n) is 19.8. The molecule has 36 heavy (non-hydrogen) atoms. The normalized spacial score (nSPS) is 12.2. The summed E-state index contributed by atoms with van der Waals surface area (Å²) in [6.07, 6.45) is 1.58. The lowest BCUT2D eigenvalue weighted by atomic mass is 9.97. The number of aromatic nitrogens is 4. The molecular formula is C25H24Cl2N6O3. The predicted molar refractivity (Wildman–Crippen MR) is 138 cm³/mol. The molecule has 0 saturated carbocycles. The van der Waals surface area contributed by atoms with Crippen LogP contribution < -0.4 is 11.5 Å². The predicted octanol–water partition coefficient (Wildman–Crippen LogP) is 5.08. The number of pyridine rings is 1. The number of hydrogen-bond acceptors (Lipinski definition) is 7. The van der Waals surface area contributed by atoms with Crippen molar-refractivity contribution in [1.82, 2.24) is 19.9 Å². The number of halogens is 2. The van der Waals surface area contributed by atoms with Gasteiger partial charge < -0.3 is 16.0 Å². The summed E-state index contributed by atoms with van der Waals surface area (Å²) >= 11 is 12.2. The molecule has 1 atom stereocenters. The van der Waals surface area contributed by atoms with Gasteiger partial charge in [0.2, 0.25) is 0 Å². The maximum atomic E-state index is 12.9. The average Bonchev–Trinajstić information content (AvgIpc) is 3.43. The third-order valence-electron chi connectivity index (χ3n) is 5.78. The van der Waals surface area contributed by atoms with Crippen LogP contribution in [0.15, 0.2) is 47.1 Å². The number of ketones is 1. The van der Waals surface area contributed by atoms with E-state index in [2.05, 4.69) is 15.2 Å². The molecule has 9 nitrogen and oxygen atoms in total. The van der Waals surface area contributed by atoms with E-state index in [1.54, 1.807) is 54.2 Å². The van der Waals surface area contributed by atoms with Crippen molar-refractivity contribution in [3.63, 3.8) is 0 Å². The maximum Gasteiger partial charge on any atom is 0.254 e. The van der Waals surface area contributed by atoms with Crippen LogP contribution in [0, 0.1) is 0 Å². The van der Waals surface area contributed by atoms with Gasteiger partial charge in [0, 0.05) is 34.5 Å². The number of nitrogens with two attached hydrogens (primary N) is 2. The van der Waals surface area contributed by atoms with Gasteiger partial charge in [-0.2, -0.15) is 5.10 Å². The first kappa shape index (κ1) is 25.4. The minimum atomic E-state index is -0.673. The summed E-state index contributed by atoms with van der Waals surface area (Å²) in [5.74, 6) is -0.683. The first-order valence-corrected chi connectivity index (χ1v) is 11.9. The molecule has 186 valence electrons. The van der Waals surface area contributed by atoms with Crippen LogP contribution in [0.2, 0.25) is 10.0 Å². The third kappa shape index (κ3) is 4.98. The quantitative estimate of drug-likeness (QED) is 0.325. The van der Waals surface area contributed by atoms with Crippen molar-refractivity contribution in [1.29, 1.82) is 0 Å². The van der Waals surface area contributed by atoms with Gasteiger partial charge >= 0.3 is 0 Å². The Bertz CT molecular complexity index is 1440. The summed E-state index contributed by atoms with van der Waals surface area (Å²) in [4.78, 5) is 29.4. The fraction of sp³-hybridized carbons (Fsp3) is 0.240. The molecule has 0 aliphatic carbocycles. The van der Waals surface area contributed by atoms with Crippen LogP contribution in [0.3, 0.4) is 0 Å². The van der Waals surface area contributed by atoms with Crippen molar-refractivity contribution in [2.45, 2.75) is 39.2 Å². The Labute approximate surface area is 217 Å². The summed E-state index contributed by atoms with van der Waals surface area (Å²) in [7, 11) is 0. The molecule has 1 aromatic carbocycles. The van der Waals surface area contributed by atoms with Gasteiger partial charge in [-0.1, -0.05) is 28.4 Å². The summed E-state index contributed by atoms with van der Waals surface area (Å²) in [5, 5.41) is 9.42. The lowest BCUT2D eigenvalue weighted by Gasteiger charge is -2.09. The number of nitrogen functional groups attached to an aromatic ring is 1. The fourth-order valence-electron chi connectivity index (χ4n) is 3.80. The van der Waals surface area contributed by atoms with Crippen LogP contribution in [0.5, 0.6) is 0 Å². The van der Waals surface area contributed by atoms with Crippen molar-refractivity contribution >= 4 is 40.7 Å². The van der Waals surface area contributed by atoms with Crippen LogP contribution in [0.1, 0.15) is 54.5 Å². The topological polar surface area (TPSA) is 143 Å². The molecule has 3 heterocycles. The molecule has 0 aliphatic heterocycles. The summed E-state index contributed by atoms with van der Waals surface area (Å²) in [6, 6.07) is 10.1. The average molecular weight is 527 g/mol. The fourth-order valence-corrected chi connectivity index (χ4v) is 4.30. The van der Waals surface area contributed by atoms with E-state index in [9.17, 15) is 9.59 Å². The number of rotatable bonds is 8. The molecule has 0 fully saturated rings. The van der Waals surface area contributed by atoms with E-state index in [0.29, 0.717) is 44.0 Å². The molecule has 4 aromatic rings. The van der Waals surface area contributed by atoms with Crippen LogP contribution in [0.25, 0.3) is 22.5 Å². The van der Waals surface area contributed by atoms with Gasteiger partial charge in [0.25, 0.3) is 5.91 Å². The molecule has 3 aromatic heterocycles. The molecule has 4 rings (SSSR count). The number of benzene rings is 1. The van der Waals surface area contributed by atoms with E-state index in [0.717, 1.165) is 0 Å². The van der Waals surface area contributed by atoms with Gasteiger partial charge in [-0.3, -0.25) is 14.6 Å². The summed E-state index contributed by atoms with van der Waals surface area (Å²) in [6.45, 7) is 5.56. The molecule has 0 bridgehead atoms. The molecule has 0 aliphatic rings. The van der Waals surface area contributed by atoms with Gasteiger partial charge in [-0.25, -0.2) is 4.68 Å². The molecule has 0 radical (unpaired) electrons. The standard InChI is InChI=1S/C25H24Cl2N6O3/c1-12(2)33-24(28)22(25(29)35)23(31-33)14-4-7-19(30-11-14)13(3)21(34)10-16-9-20(32-36-16)17-6-5-15(26)8-18(17)27/h4-9,11-13H,10,28H2,1-3H3,(H2,29,35). The second kappa shape index (κ2) is 10.1. The minimum absolute atomic E-state index is 0.0317. The van der Waals surface area contributed by atoms with E-state index >= 15 is 0 Å². The molecule has 1 unspecified atom stereocenters. The zero-order valence-corrected chi connectivity index (χ0v) is 21.3. The summed E-state index contributed by atoms with van der Waals surface area (Å²) < 4.78 is 6.90. The first-order valence-electron chi connectivity index (χ1n) is 11.1. The minimum Gasteiger partial charge on any atom is -0.383 e. The number of carbonyl (C=O) groups excluding carboxylic acids is 2. The monoisotopic (exact) mass is 526 g/mol. The van der Waals surface area contributed by atoms with E-state index in [-0.39, 0.29) is 29.6 Å². The largest absolute Gasteiger partial charge is 0.383 e. The molecule has 4 N–H and O–H groups in total. The number of nitrogens with zero attached hydrogens (tertiary/aromatic N) is 4. The number of anilines is 1. The van der Waals surface area contributed by atoms with Crippen molar-refractivity contribution in [2.75, 3.05) is 5.73 Å². The van der Waals surface area contributed by atoms with Gasteiger partial charge in [-0.05, 0) is 51.1 Å².